The Kier molecular flexibility index (Phi) is 3.66. The first-order chi connectivity index (χ1) is 10.0. The van der Waals surface area contributed by atoms with Crippen molar-refractivity contribution >= 4 is 23.2 Å². The summed E-state index contributed by atoms with van der Waals surface area (Å²) in [4.78, 5) is 0. The van der Waals surface area contributed by atoms with Gasteiger partial charge in [0.15, 0.2) is 17.1 Å². The van der Waals surface area contributed by atoms with E-state index in [-0.39, 0.29) is 11.1 Å². The second-order valence-corrected chi connectivity index (χ2v) is 5.65. The fraction of sp³-hybridized carbons (Fsp3) is 0.333. The first-order valence-corrected chi connectivity index (χ1v) is 7.12. The average Bonchev–Trinajstić information content (AvgIpc) is 2.98. The Bertz CT molecular complexity index is 641. The van der Waals surface area contributed by atoms with E-state index in [0.29, 0.717) is 22.1 Å². The molecule has 0 aromatic heterocycles. The van der Waals surface area contributed by atoms with Gasteiger partial charge in [0.2, 0.25) is 0 Å². The van der Waals surface area contributed by atoms with Crippen LogP contribution in [0.2, 0.25) is 0 Å². The molecule has 2 heterocycles. The largest absolute Gasteiger partial charge is 0.493 e. The molecule has 4 nitrogen and oxygen atoms in total. The fourth-order valence-corrected chi connectivity index (χ4v) is 3.22. The summed E-state index contributed by atoms with van der Waals surface area (Å²) in [7, 11) is 3.07. The Labute approximate surface area is 132 Å². The second kappa shape index (κ2) is 5.21. The van der Waals surface area contributed by atoms with E-state index >= 15 is 0 Å². The third kappa shape index (κ3) is 2.06. The standard InChI is InChI=1S/C15H14Cl2O4/c1-19-9-4-3-8(7-11(9)20-2)15(18)12-6-5-10(21-12)13(16)14(15)17/h3-7,10,12,18H,1-2H3/t10-,12+,15?/m1/s1. The highest BCUT2D eigenvalue weighted by Crippen LogP contribution is 2.49. The maximum Gasteiger partial charge on any atom is 0.161 e. The van der Waals surface area contributed by atoms with Crippen LogP contribution in [0, 0.1) is 0 Å². The van der Waals surface area contributed by atoms with E-state index < -0.39 is 11.7 Å². The average molecular weight is 329 g/mol. The van der Waals surface area contributed by atoms with Gasteiger partial charge in [-0.15, -0.1) is 0 Å². The Hall–Kier alpha value is -1.20. The van der Waals surface area contributed by atoms with Crippen molar-refractivity contribution in [3.63, 3.8) is 0 Å². The zero-order valence-corrected chi connectivity index (χ0v) is 13.0. The number of rotatable bonds is 3. The van der Waals surface area contributed by atoms with Gasteiger partial charge in [0.1, 0.15) is 12.2 Å². The summed E-state index contributed by atoms with van der Waals surface area (Å²) < 4.78 is 16.1. The summed E-state index contributed by atoms with van der Waals surface area (Å²) >= 11 is 12.5. The summed E-state index contributed by atoms with van der Waals surface area (Å²) in [5.74, 6) is 1.06. The number of methoxy groups -OCH3 is 2. The Morgan fingerprint density at radius 2 is 1.86 bits per heavy atom. The van der Waals surface area contributed by atoms with Crippen LogP contribution in [0.3, 0.4) is 0 Å². The molecule has 0 fully saturated rings. The molecule has 0 saturated heterocycles. The maximum atomic E-state index is 11.1. The number of hydrogen-bond donors (Lipinski definition) is 1. The van der Waals surface area contributed by atoms with Crippen LogP contribution >= 0.6 is 23.2 Å². The first kappa shape index (κ1) is 14.7. The van der Waals surface area contributed by atoms with E-state index in [0.717, 1.165) is 0 Å². The minimum atomic E-state index is -1.54. The molecular weight excluding hydrogens is 315 g/mol. The smallest absolute Gasteiger partial charge is 0.161 e. The van der Waals surface area contributed by atoms with E-state index in [1.165, 1.54) is 7.11 Å². The van der Waals surface area contributed by atoms with Crippen LogP contribution < -0.4 is 9.47 Å². The summed E-state index contributed by atoms with van der Waals surface area (Å²) in [5.41, 5.74) is -1.01. The zero-order chi connectivity index (χ0) is 15.2. The van der Waals surface area contributed by atoms with E-state index in [1.807, 2.05) is 0 Å². The molecule has 0 saturated carbocycles. The van der Waals surface area contributed by atoms with E-state index in [9.17, 15) is 5.11 Å². The van der Waals surface area contributed by atoms with Gasteiger partial charge in [-0.3, -0.25) is 0 Å². The van der Waals surface area contributed by atoms with Gasteiger partial charge in [0, 0.05) is 0 Å². The lowest BCUT2D eigenvalue weighted by atomic mass is 9.86. The molecule has 2 aliphatic rings. The highest BCUT2D eigenvalue weighted by molar-refractivity contribution is 6.40. The second-order valence-electron chi connectivity index (χ2n) is 4.86. The maximum absolute atomic E-state index is 11.1. The predicted octanol–water partition coefficient (Wildman–Crippen LogP) is 2.92. The van der Waals surface area contributed by atoms with E-state index in [1.54, 1.807) is 37.5 Å². The Morgan fingerprint density at radius 3 is 2.52 bits per heavy atom. The molecule has 3 rings (SSSR count). The monoisotopic (exact) mass is 328 g/mol. The van der Waals surface area contributed by atoms with Crippen molar-refractivity contribution < 1.29 is 19.3 Å². The van der Waals surface area contributed by atoms with Gasteiger partial charge >= 0.3 is 0 Å². The molecule has 1 aromatic carbocycles. The van der Waals surface area contributed by atoms with Gasteiger partial charge in [0.05, 0.1) is 24.3 Å². The van der Waals surface area contributed by atoms with Gasteiger partial charge in [0.25, 0.3) is 0 Å². The van der Waals surface area contributed by atoms with Crippen molar-refractivity contribution in [3.8, 4) is 11.5 Å². The molecule has 1 aromatic rings. The van der Waals surface area contributed by atoms with Gasteiger partial charge in [-0.05, 0) is 17.7 Å². The third-order valence-corrected chi connectivity index (χ3v) is 4.78. The van der Waals surface area contributed by atoms with Gasteiger partial charge < -0.3 is 19.3 Å². The van der Waals surface area contributed by atoms with Crippen molar-refractivity contribution in [1.29, 1.82) is 0 Å². The van der Waals surface area contributed by atoms with E-state index in [4.69, 9.17) is 37.4 Å². The van der Waals surface area contributed by atoms with Crippen LogP contribution in [0.5, 0.6) is 11.5 Å². The van der Waals surface area contributed by atoms with Gasteiger partial charge in [-0.25, -0.2) is 0 Å². The lowest BCUT2D eigenvalue weighted by Gasteiger charge is -2.38. The van der Waals surface area contributed by atoms with Crippen LogP contribution in [0.1, 0.15) is 5.56 Å². The van der Waals surface area contributed by atoms with Crippen molar-refractivity contribution in [2.75, 3.05) is 14.2 Å². The highest BCUT2D eigenvalue weighted by atomic mass is 35.5. The molecule has 6 heteroatoms. The summed E-state index contributed by atoms with van der Waals surface area (Å²) in [6.07, 6.45) is 2.58. The molecule has 112 valence electrons. The van der Waals surface area contributed by atoms with Crippen molar-refractivity contribution in [2.24, 2.45) is 0 Å². The van der Waals surface area contributed by atoms with Gasteiger partial charge in [-0.1, -0.05) is 41.4 Å². The number of benzene rings is 1. The molecule has 0 radical (unpaired) electrons. The molecule has 1 N–H and O–H groups in total. The third-order valence-electron chi connectivity index (χ3n) is 3.78. The van der Waals surface area contributed by atoms with Gasteiger partial charge in [-0.2, -0.15) is 0 Å². The lowest BCUT2D eigenvalue weighted by molar-refractivity contribution is -0.0748. The predicted molar refractivity (Wildman–Crippen MR) is 80.0 cm³/mol. The fourth-order valence-electron chi connectivity index (χ4n) is 2.63. The molecule has 2 aliphatic heterocycles. The number of fused-ring (bicyclic) bond motifs is 2. The van der Waals surface area contributed by atoms with Crippen LogP contribution in [-0.2, 0) is 10.3 Å². The van der Waals surface area contributed by atoms with Crippen LogP contribution in [-0.4, -0.2) is 31.5 Å². The highest BCUT2D eigenvalue weighted by Gasteiger charge is 2.50. The molecular formula is C15H14Cl2O4. The van der Waals surface area contributed by atoms with Crippen molar-refractivity contribution in [2.45, 2.75) is 17.8 Å². The Balaban J connectivity index is 2.14. The molecule has 3 atom stereocenters. The quantitative estimate of drug-likeness (QED) is 0.867. The normalized spacial score (nSPS) is 30.7. The summed E-state index contributed by atoms with van der Waals surface area (Å²) in [6.45, 7) is 0. The SMILES string of the molecule is COc1ccc(C2(O)C(Cl)=C(Cl)[C@H]3C=C[C@@H]2O3)cc1OC. The zero-order valence-electron chi connectivity index (χ0n) is 11.5. The van der Waals surface area contributed by atoms with Crippen LogP contribution in [0.25, 0.3) is 0 Å². The number of hydrogen-bond acceptors (Lipinski definition) is 4. The molecule has 0 amide bonds. The molecule has 0 spiro atoms. The minimum absolute atomic E-state index is 0.169. The van der Waals surface area contributed by atoms with Crippen molar-refractivity contribution in [3.05, 3.63) is 46.0 Å². The lowest BCUT2D eigenvalue weighted by Crippen LogP contribution is -2.44. The Morgan fingerprint density at radius 1 is 1.14 bits per heavy atom. The number of halogens is 2. The minimum Gasteiger partial charge on any atom is -0.493 e. The molecule has 21 heavy (non-hydrogen) atoms. The molecule has 0 aliphatic carbocycles. The summed E-state index contributed by atoms with van der Waals surface area (Å²) in [5, 5.41) is 11.6. The number of aliphatic hydroxyl groups is 1. The first-order valence-electron chi connectivity index (χ1n) is 6.36. The topological polar surface area (TPSA) is 47.9 Å². The molecule has 2 bridgehead atoms. The van der Waals surface area contributed by atoms with Crippen molar-refractivity contribution in [1.82, 2.24) is 0 Å². The van der Waals surface area contributed by atoms with Crippen LogP contribution in [0.15, 0.2) is 40.4 Å². The molecule has 1 unspecified atom stereocenters. The van der Waals surface area contributed by atoms with Crippen LogP contribution in [0.4, 0.5) is 0 Å². The summed E-state index contributed by atoms with van der Waals surface area (Å²) in [6, 6.07) is 5.08. The van der Waals surface area contributed by atoms with E-state index in [2.05, 4.69) is 0 Å². The number of ether oxygens (including phenoxy) is 3.